The molecule has 0 radical (unpaired) electrons. The molecule has 0 saturated heterocycles. The van der Waals surface area contributed by atoms with Gasteiger partial charge in [-0.2, -0.15) is 8.78 Å². The molecule has 2 aromatic heterocycles. The van der Waals surface area contributed by atoms with Crippen LogP contribution in [-0.2, 0) is 0 Å². The Kier molecular flexibility index (Phi) is 4.57. The number of oxime groups is 1. The van der Waals surface area contributed by atoms with Gasteiger partial charge in [-0.15, -0.1) is 0 Å². The molecule has 0 spiro atoms. The molecule has 0 atom stereocenters. The number of benzene rings is 1. The van der Waals surface area contributed by atoms with Crippen LogP contribution in [0.3, 0.4) is 0 Å². The lowest BCUT2D eigenvalue weighted by Gasteiger charge is -2.09. The van der Waals surface area contributed by atoms with Gasteiger partial charge >= 0.3 is 0 Å². The summed E-state index contributed by atoms with van der Waals surface area (Å²) >= 11 is 0. The van der Waals surface area contributed by atoms with E-state index in [4.69, 9.17) is 4.74 Å². The molecule has 2 heterocycles. The smallest absolute Gasteiger partial charge is 0.219 e. The van der Waals surface area contributed by atoms with Crippen molar-refractivity contribution >= 4 is 5.84 Å². The van der Waals surface area contributed by atoms with Crippen LogP contribution in [0.15, 0.2) is 42.1 Å². The SMILES string of the molecule is Cc1cn(/C(=N\O)c2ccc(Oc3c(F)c(F)cc(F)c3F)nc2)cn1. The number of aryl methyl sites for hydroxylation is 1. The average Bonchev–Trinajstić information content (AvgIpc) is 3.05. The first-order chi connectivity index (χ1) is 12.4. The van der Waals surface area contributed by atoms with Crippen molar-refractivity contribution in [1.82, 2.24) is 14.5 Å². The first-order valence-corrected chi connectivity index (χ1v) is 7.11. The Labute approximate surface area is 144 Å². The summed E-state index contributed by atoms with van der Waals surface area (Å²) in [6.07, 6.45) is 4.19. The van der Waals surface area contributed by atoms with Crippen molar-refractivity contribution in [3.05, 3.63) is 71.4 Å². The lowest BCUT2D eigenvalue weighted by atomic mass is 10.2. The fourth-order valence-corrected chi connectivity index (χ4v) is 2.11. The number of pyridine rings is 1. The fourth-order valence-electron chi connectivity index (χ4n) is 2.11. The molecule has 6 nitrogen and oxygen atoms in total. The lowest BCUT2D eigenvalue weighted by molar-refractivity contribution is 0.317. The van der Waals surface area contributed by atoms with Gasteiger partial charge in [0, 0.05) is 30.1 Å². The Morgan fingerprint density at radius 1 is 1.12 bits per heavy atom. The van der Waals surface area contributed by atoms with Gasteiger partial charge in [0.2, 0.25) is 23.3 Å². The highest BCUT2D eigenvalue weighted by Gasteiger charge is 2.21. The van der Waals surface area contributed by atoms with Gasteiger partial charge < -0.3 is 9.94 Å². The van der Waals surface area contributed by atoms with Crippen LogP contribution >= 0.6 is 0 Å². The molecule has 26 heavy (non-hydrogen) atoms. The van der Waals surface area contributed by atoms with E-state index in [-0.39, 0.29) is 17.8 Å². The summed E-state index contributed by atoms with van der Waals surface area (Å²) in [6, 6.07) is 2.63. The van der Waals surface area contributed by atoms with Crippen LogP contribution in [0, 0.1) is 30.2 Å². The van der Waals surface area contributed by atoms with Crippen molar-refractivity contribution in [1.29, 1.82) is 0 Å². The normalized spacial score (nSPS) is 11.7. The van der Waals surface area contributed by atoms with E-state index < -0.39 is 29.0 Å². The van der Waals surface area contributed by atoms with Gasteiger partial charge in [0.15, 0.2) is 17.5 Å². The zero-order valence-corrected chi connectivity index (χ0v) is 13.1. The minimum atomic E-state index is -1.68. The van der Waals surface area contributed by atoms with Crippen LogP contribution < -0.4 is 4.74 Å². The molecular weight excluding hydrogens is 356 g/mol. The molecule has 3 aromatic rings. The van der Waals surface area contributed by atoms with Crippen LogP contribution in [0.25, 0.3) is 0 Å². The zero-order chi connectivity index (χ0) is 18.8. The van der Waals surface area contributed by atoms with Crippen molar-refractivity contribution in [2.75, 3.05) is 0 Å². The number of hydrogen-bond donors (Lipinski definition) is 1. The predicted molar refractivity (Wildman–Crippen MR) is 81.3 cm³/mol. The molecule has 0 amide bonds. The van der Waals surface area contributed by atoms with Gasteiger partial charge in [-0.25, -0.2) is 18.7 Å². The molecule has 134 valence electrons. The van der Waals surface area contributed by atoms with E-state index in [2.05, 4.69) is 15.1 Å². The standard InChI is InChI=1S/C16H10F4N4O2/c1-8-6-24(7-22-8)16(23-25)9-2-3-12(21-5-9)26-15-13(19)10(17)4-11(18)14(15)20/h2-7,25H,1H3/b23-16-. The molecular formula is C16H10F4N4O2. The van der Waals surface area contributed by atoms with Crippen LogP contribution in [0.5, 0.6) is 11.6 Å². The molecule has 0 saturated carbocycles. The second kappa shape index (κ2) is 6.82. The number of aromatic nitrogens is 3. The zero-order valence-electron chi connectivity index (χ0n) is 13.1. The third kappa shape index (κ3) is 3.21. The van der Waals surface area contributed by atoms with Gasteiger partial charge in [-0.1, -0.05) is 5.16 Å². The monoisotopic (exact) mass is 366 g/mol. The number of hydrogen-bond acceptors (Lipinski definition) is 5. The third-order valence-corrected chi connectivity index (χ3v) is 3.32. The van der Waals surface area contributed by atoms with Gasteiger partial charge in [-0.3, -0.25) is 4.57 Å². The average molecular weight is 366 g/mol. The Morgan fingerprint density at radius 2 is 1.81 bits per heavy atom. The van der Waals surface area contributed by atoms with Crippen molar-refractivity contribution < 1.29 is 27.5 Å². The topological polar surface area (TPSA) is 72.5 Å². The van der Waals surface area contributed by atoms with E-state index in [0.29, 0.717) is 11.3 Å². The summed E-state index contributed by atoms with van der Waals surface area (Å²) in [6.45, 7) is 1.74. The molecule has 1 aromatic carbocycles. The molecule has 0 aliphatic carbocycles. The summed E-state index contributed by atoms with van der Waals surface area (Å²) in [7, 11) is 0. The highest BCUT2D eigenvalue weighted by Crippen LogP contribution is 2.30. The highest BCUT2D eigenvalue weighted by atomic mass is 19.2. The molecule has 0 aliphatic heterocycles. The number of ether oxygens (including phenoxy) is 1. The molecule has 3 rings (SSSR count). The molecule has 10 heteroatoms. The Bertz CT molecular complexity index is 960. The first-order valence-electron chi connectivity index (χ1n) is 7.11. The maximum atomic E-state index is 13.6. The van der Waals surface area contributed by atoms with E-state index in [1.807, 2.05) is 0 Å². The van der Waals surface area contributed by atoms with Crippen LogP contribution in [0.2, 0.25) is 0 Å². The minimum Gasteiger partial charge on any atom is -0.433 e. The fraction of sp³-hybridized carbons (Fsp3) is 0.0625. The second-order valence-electron chi connectivity index (χ2n) is 5.13. The molecule has 0 unspecified atom stereocenters. The Balaban J connectivity index is 1.89. The van der Waals surface area contributed by atoms with Gasteiger partial charge in [0.1, 0.15) is 6.33 Å². The molecule has 0 fully saturated rings. The third-order valence-electron chi connectivity index (χ3n) is 3.32. The summed E-state index contributed by atoms with van der Waals surface area (Å²) < 4.78 is 59.9. The van der Waals surface area contributed by atoms with Crippen LogP contribution in [-0.4, -0.2) is 25.6 Å². The summed E-state index contributed by atoms with van der Waals surface area (Å²) in [4.78, 5) is 7.78. The first kappa shape index (κ1) is 17.4. The highest BCUT2D eigenvalue weighted by molar-refractivity contribution is 5.99. The molecule has 0 bridgehead atoms. The van der Waals surface area contributed by atoms with Gasteiger partial charge in [0.25, 0.3) is 0 Å². The van der Waals surface area contributed by atoms with E-state index in [1.165, 1.54) is 29.2 Å². The maximum absolute atomic E-state index is 13.6. The van der Waals surface area contributed by atoms with Gasteiger partial charge in [0.05, 0.1) is 5.69 Å². The van der Waals surface area contributed by atoms with Crippen molar-refractivity contribution in [3.8, 4) is 11.6 Å². The summed E-state index contributed by atoms with van der Waals surface area (Å²) in [5.41, 5.74) is 1.00. The summed E-state index contributed by atoms with van der Waals surface area (Å²) in [5.74, 6) is -8.04. The maximum Gasteiger partial charge on any atom is 0.219 e. The van der Waals surface area contributed by atoms with E-state index in [9.17, 15) is 22.8 Å². The number of halogens is 4. The van der Waals surface area contributed by atoms with E-state index in [0.717, 1.165) is 0 Å². The van der Waals surface area contributed by atoms with Crippen molar-refractivity contribution in [2.45, 2.75) is 6.92 Å². The van der Waals surface area contributed by atoms with Gasteiger partial charge in [-0.05, 0) is 13.0 Å². The van der Waals surface area contributed by atoms with Crippen molar-refractivity contribution in [3.63, 3.8) is 0 Å². The lowest BCUT2D eigenvalue weighted by Crippen LogP contribution is -2.12. The number of nitrogens with zero attached hydrogens (tertiary/aromatic N) is 4. The van der Waals surface area contributed by atoms with Crippen LogP contribution in [0.1, 0.15) is 11.3 Å². The number of rotatable bonds is 3. The summed E-state index contributed by atoms with van der Waals surface area (Å²) in [5, 5.41) is 12.3. The second-order valence-corrected chi connectivity index (χ2v) is 5.13. The predicted octanol–water partition coefficient (Wildman–Crippen LogP) is 3.62. The minimum absolute atomic E-state index is 0.0746. The van der Waals surface area contributed by atoms with Crippen molar-refractivity contribution in [2.24, 2.45) is 5.16 Å². The molecule has 0 aliphatic rings. The van der Waals surface area contributed by atoms with Crippen LogP contribution in [0.4, 0.5) is 17.6 Å². The Morgan fingerprint density at radius 3 is 2.31 bits per heavy atom. The largest absolute Gasteiger partial charge is 0.433 e. The quantitative estimate of drug-likeness (QED) is 0.192. The molecule has 1 N–H and O–H groups in total. The Hall–Kier alpha value is -3.43. The van der Waals surface area contributed by atoms with E-state index >= 15 is 0 Å². The van der Waals surface area contributed by atoms with E-state index in [1.54, 1.807) is 13.1 Å². The number of imidazole rings is 1.